The zero-order valence-electron chi connectivity index (χ0n) is 40.0. The van der Waals surface area contributed by atoms with E-state index in [1.165, 1.54) is 20.0 Å². The van der Waals surface area contributed by atoms with Crippen LogP contribution in [0, 0.1) is 17.2 Å². The second-order valence-electron chi connectivity index (χ2n) is 17.5. The van der Waals surface area contributed by atoms with Crippen LogP contribution in [0.2, 0.25) is 0 Å². The lowest BCUT2D eigenvalue weighted by Crippen LogP contribution is -2.48. The Morgan fingerprint density at radius 2 is 1.41 bits per heavy atom. The third kappa shape index (κ3) is 11.6. The summed E-state index contributed by atoms with van der Waals surface area (Å²) in [6, 6.07) is 1.90. The highest BCUT2D eigenvalue weighted by atomic mass is 31.3. The van der Waals surface area contributed by atoms with E-state index in [-0.39, 0.29) is 64.4 Å². The van der Waals surface area contributed by atoms with Crippen molar-refractivity contribution in [3.63, 3.8) is 0 Å². The lowest BCUT2D eigenvalue weighted by Gasteiger charge is -2.26. The summed E-state index contributed by atoms with van der Waals surface area (Å²) in [5.41, 5.74) is 16.6. The molecule has 0 spiro atoms. The topological polar surface area (TPSA) is 565 Å². The van der Waals surface area contributed by atoms with Crippen molar-refractivity contribution in [1.29, 1.82) is 5.26 Å². The zero-order chi connectivity index (χ0) is 56.4. The van der Waals surface area contributed by atoms with Gasteiger partial charge in [-0.25, -0.2) is 48.1 Å². The van der Waals surface area contributed by atoms with Crippen LogP contribution in [-0.2, 0) is 71.0 Å². The largest absolute Gasteiger partial charge is 0.490 e. The number of hydrogen-bond donors (Lipinski definition) is 13. The number of aromatic amines is 1. The molecule has 43 heteroatoms. The normalized spacial score (nSPS) is 31.2. The monoisotopic (exact) mass is 1190 g/mol. The van der Waals surface area contributed by atoms with Crippen LogP contribution in [-0.4, -0.2) is 165 Å². The average molecular weight is 1190 g/mol. The molecule has 0 saturated carbocycles. The molecule has 9 heterocycles. The van der Waals surface area contributed by atoms with Crippen LogP contribution < -0.4 is 32.6 Å². The van der Waals surface area contributed by atoms with E-state index in [4.69, 9.17) is 54.2 Å². The number of aromatic nitrogens is 10. The summed E-state index contributed by atoms with van der Waals surface area (Å²) in [7, 11) is -20.8. The number of nitrogens with zero attached hydrogens (tertiary/aromatic N) is 11. The predicted octanol–water partition coefficient (Wildman–Crippen LogP) is -3.24. The first-order valence-corrected chi connectivity index (χ1v) is 28.5. The van der Waals surface area contributed by atoms with Gasteiger partial charge in [0, 0.05) is 19.4 Å². The van der Waals surface area contributed by atoms with Crippen LogP contribution in [0.1, 0.15) is 43.4 Å². The highest BCUT2D eigenvalue weighted by molar-refractivity contribution is 7.66. The van der Waals surface area contributed by atoms with E-state index < -0.39 is 136 Å². The average Bonchev–Trinajstić information content (AvgIpc) is 4.28. The number of nitrogens with one attached hydrogen (secondary N) is 2. The molecule has 39 nitrogen and oxygen atoms in total. The number of phosphoric acid groups is 4. The molecule has 0 aromatic carbocycles. The van der Waals surface area contributed by atoms with E-state index in [1.807, 2.05) is 6.07 Å². The number of nitrogens with two attached hydrogens (primary N) is 3. The number of nitrogen functional groups attached to an aromatic ring is 2. The number of nitriles is 1. The lowest BCUT2D eigenvalue weighted by molar-refractivity contribution is -0.753. The molecule has 4 aliphatic heterocycles. The molecule has 78 heavy (non-hydrogen) atoms. The number of phosphoric ester groups is 3. The number of imidazole rings is 3. The first-order valence-electron chi connectivity index (χ1n) is 22.5. The summed E-state index contributed by atoms with van der Waals surface area (Å²) in [6.07, 6.45) is -14.4. The van der Waals surface area contributed by atoms with Gasteiger partial charge in [0.25, 0.3) is 17.3 Å². The van der Waals surface area contributed by atoms with Crippen LogP contribution in [0.4, 0.5) is 17.6 Å². The van der Waals surface area contributed by atoms with Crippen LogP contribution in [0.3, 0.4) is 0 Å². The number of H-pyrrole nitrogens is 1. The SMILES string of the molecule is CO[C@@H]1[C@H](OP(=O)(O)OC[C@H]2O[C@@H](n3cnc4c(=O)[nH]c(N)nc43)[C@H](O)[C@@H]2O)C(COP(=O)(O)OP(=O)(O)OP(=O)(O)OC[C@H]2OC([n+]3cn(C)c4c3NC(N)=NC4O)[C@H](O)[C@@H]2CCC#N)O[C@H]1n1cnc2c(N)ncnc21. The van der Waals surface area contributed by atoms with E-state index in [2.05, 4.69) is 48.8 Å². The van der Waals surface area contributed by atoms with Crippen LogP contribution >= 0.6 is 31.3 Å². The molecule has 5 aromatic rings. The molecule has 3 saturated heterocycles. The maximum atomic E-state index is 13.7. The second-order valence-corrected chi connectivity index (χ2v) is 23.5. The summed E-state index contributed by atoms with van der Waals surface area (Å²) in [4.78, 5) is 81.2. The molecule has 4 aliphatic rings. The van der Waals surface area contributed by atoms with Gasteiger partial charge in [-0.2, -0.15) is 23.9 Å². The summed E-state index contributed by atoms with van der Waals surface area (Å²) in [5.74, 6) is -1.43. The first kappa shape index (κ1) is 57.4. The van der Waals surface area contributed by atoms with E-state index >= 15 is 0 Å². The number of aliphatic imine (C=N–C) groups is 1. The maximum absolute atomic E-state index is 13.7. The van der Waals surface area contributed by atoms with Crippen molar-refractivity contribution in [2.24, 2.45) is 23.7 Å². The fourth-order valence-electron chi connectivity index (χ4n) is 9.09. The Balaban J connectivity index is 0.867. The minimum Gasteiger partial charge on any atom is -0.387 e. The van der Waals surface area contributed by atoms with Gasteiger partial charge >= 0.3 is 31.3 Å². The Labute approximate surface area is 435 Å². The van der Waals surface area contributed by atoms with Gasteiger partial charge in [-0.1, -0.05) is 0 Å². The van der Waals surface area contributed by atoms with Gasteiger partial charge < -0.3 is 76.1 Å². The maximum Gasteiger partial charge on any atom is 0.490 e. The summed E-state index contributed by atoms with van der Waals surface area (Å²) in [6.45, 7) is -3.20. The fourth-order valence-corrected chi connectivity index (χ4v) is 13.6. The number of ether oxygens (including phenoxy) is 4. The van der Waals surface area contributed by atoms with Gasteiger partial charge in [-0.05, 0) is 6.42 Å². The number of methoxy groups -OCH3 is 1. The number of aliphatic hydroxyl groups excluding tert-OH is 4. The van der Waals surface area contributed by atoms with E-state index in [1.54, 1.807) is 7.05 Å². The lowest BCUT2D eigenvalue weighted by atomic mass is 9.93. The second kappa shape index (κ2) is 22.0. The van der Waals surface area contributed by atoms with Gasteiger partial charge in [0.2, 0.25) is 24.1 Å². The molecular weight excluding hydrogens is 1140 g/mol. The van der Waals surface area contributed by atoms with E-state index in [0.29, 0.717) is 0 Å². The molecule has 3 fully saturated rings. The molecule has 7 unspecified atom stereocenters. The zero-order valence-corrected chi connectivity index (χ0v) is 43.6. The number of aryl methyl sites for hydroxylation is 1. The molecule has 16 N–H and O–H groups in total. The highest BCUT2D eigenvalue weighted by Crippen LogP contribution is 2.68. The van der Waals surface area contributed by atoms with Crippen LogP contribution in [0.15, 0.2) is 35.1 Å². The van der Waals surface area contributed by atoms with Crippen LogP contribution in [0.5, 0.6) is 0 Å². The molecular formula is C35H49N16O23P4+. The van der Waals surface area contributed by atoms with Crippen molar-refractivity contribution in [1.82, 2.24) is 43.6 Å². The molecule has 9 rings (SSSR count). The Bertz CT molecular complexity index is 3410. The van der Waals surface area contributed by atoms with E-state index in [0.717, 1.165) is 30.7 Å². The van der Waals surface area contributed by atoms with E-state index in [9.17, 15) is 68.3 Å². The van der Waals surface area contributed by atoms with Gasteiger partial charge in [0.1, 0.15) is 54.6 Å². The predicted molar refractivity (Wildman–Crippen MR) is 251 cm³/mol. The Morgan fingerprint density at radius 3 is 2.09 bits per heavy atom. The van der Waals surface area contributed by atoms with Gasteiger partial charge in [0.15, 0.2) is 41.4 Å². The molecule has 0 radical (unpaired) electrons. The fraction of sp³-hybridized carbons (Fsp3) is 0.571. The molecule has 0 aliphatic carbocycles. The minimum atomic E-state index is -6.19. The number of anilines is 3. The number of rotatable bonds is 21. The van der Waals surface area contributed by atoms with Crippen molar-refractivity contribution in [2.45, 2.75) is 86.6 Å². The quantitative estimate of drug-likeness (QED) is 0.0254. The third-order valence-electron chi connectivity index (χ3n) is 12.5. The van der Waals surface area contributed by atoms with Gasteiger partial charge in [-0.3, -0.25) is 41.6 Å². The van der Waals surface area contributed by atoms with Crippen molar-refractivity contribution < 1.29 is 108 Å². The highest BCUT2D eigenvalue weighted by Gasteiger charge is 2.54. The van der Waals surface area contributed by atoms with Crippen molar-refractivity contribution in [3.05, 3.63) is 41.4 Å². The van der Waals surface area contributed by atoms with Gasteiger partial charge in [0.05, 0.1) is 51.7 Å². The van der Waals surface area contributed by atoms with Gasteiger partial charge in [-0.15, -0.1) is 0 Å². The number of aliphatic hydroxyl groups is 4. The van der Waals surface area contributed by atoms with Crippen molar-refractivity contribution >= 4 is 77.2 Å². The first-order chi connectivity index (χ1) is 36.7. The standard InChI is InChI=1S/C35H48N16O23P4/c1-48-12-51(28-19(48)30(56)47-35(39)45-28)31-20(52)13(4-3-5-36)14(69-31)6-67-76(59,60)73-78(63,64)74-77(61,62)68-8-16-23(24(65-2)33(71-16)49-10-42-17-25(37)40-9-41-26(17)49)72-75(57,58)66-7-15-21(53)22(54)32(70-15)50-11-43-18-27(50)44-34(38)46-29(18)55/h9-16,20-24,30-33,52-54,56H,3-4,6-8H2,1-2H3,(H11-,37,38,39,40,41,44,45,46,47,55,57,58,59,60,61,62,63,64)/p+1/t13-,14-,15-,16?,20-,21-,22-,23-,24-,30?,31?,32-,33-/m1/s1. The van der Waals surface area contributed by atoms with Crippen molar-refractivity contribution in [2.75, 3.05) is 43.7 Å². The smallest absolute Gasteiger partial charge is 0.387 e. The molecule has 426 valence electrons. The third-order valence-corrected chi connectivity index (χ3v) is 17.7. The number of fused-ring (bicyclic) bond motifs is 3. The Morgan fingerprint density at radius 1 is 0.782 bits per heavy atom. The summed E-state index contributed by atoms with van der Waals surface area (Å²) in [5, 5.41) is 55.7. The Hall–Kier alpha value is -5.33. The molecule has 0 amide bonds. The minimum absolute atomic E-state index is 0.0120. The molecule has 5 aromatic heterocycles. The van der Waals surface area contributed by atoms with Crippen LogP contribution in [0.25, 0.3) is 22.3 Å². The molecule has 0 bridgehead atoms. The summed E-state index contributed by atoms with van der Waals surface area (Å²) < 4.78 is 111. The number of hydrogen-bond acceptors (Lipinski definition) is 30. The summed E-state index contributed by atoms with van der Waals surface area (Å²) >= 11 is 0. The molecule has 17 atom stereocenters. The number of guanidine groups is 1. The Kier molecular flexibility index (Phi) is 16.1. The van der Waals surface area contributed by atoms with Crippen molar-refractivity contribution in [3.8, 4) is 6.07 Å².